The monoisotopic (exact) mass is 396 g/mol. The first-order chi connectivity index (χ1) is 13.4. The number of aromatic amines is 1. The van der Waals surface area contributed by atoms with Crippen molar-refractivity contribution < 1.29 is 13.2 Å². The average molecular weight is 397 g/mol. The highest BCUT2D eigenvalue weighted by Gasteiger charge is 2.17. The Kier molecular flexibility index (Phi) is 4.98. The standard InChI is InChI=1S/C22H24N2O3S/c1-27-18-12-17-13-21(24-22(17)23-14-18)20(11-15-5-3-4-6-15)16-7-9-19(10-8-16)28(2,25)26/h7-15H,3-6H2,1-2H3,(H,23,24). The van der Waals surface area contributed by atoms with Crippen molar-refractivity contribution >= 4 is 26.4 Å². The zero-order valence-electron chi connectivity index (χ0n) is 16.1. The summed E-state index contributed by atoms with van der Waals surface area (Å²) in [4.78, 5) is 8.18. The molecule has 1 N–H and O–H groups in total. The Morgan fingerprint density at radius 3 is 2.54 bits per heavy atom. The molecule has 1 aliphatic rings. The lowest BCUT2D eigenvalue weighted by molar-refractivity contribution is 0.413. The molecule has 6 heteroatoms. The maximum absolute atomic E-state index is 11.8. The van der Waals surface area contributed by atoms with Crippen LogP contribution in [0, 0.1) is 5.92 Å². The minimum Gasteiger partial charge on any atom is -0.495 e. The molecule has 5 nitrogen and oxygen atoms in total. The zero-order valence-corrected chi connectivity index (χ0v) is 16.9. The fourth-order valence-electron chi connectivity index (χ4n) is 3.83. The number of allylic oxidation sites excluding steroid dienone is 1. The summed E-state index contributed by atoms with van der Waals surface area (Å²) in [5.41, 5.74) is 3.87. The Labute approximate surface area is 165 Å². The maximum atomic E-state index is 11.8. The maximum Gasteiger partial charge on any atom is 0.175 e. The number of pyridine rings is 1. The van der Waals surface area contributed by atoms with E-state index >= 15 is 0 Å². The molecule has 0 radical (unpaired) electrons. The molecule has 1 aliphatic carbocycles. The zero-order chi connectivity index (χ0) is 19.7. The van der Waals surface area contributed by atoms with Crippen LogP contribution in [0.15, 0.2) is 53.6 Å². The molecule has 0 unspecified atom stereocenters. The Balaban J connectivity index is 1.80. The highest BCUT2D eigenvalue weighted by molar-refractivity contribution is 7.90. The lowest BCUT2D eigenvalue weighted by Gasteiger charge is -2.11. The largest absolute Gasteiger partial charge is 0.495 e. The normalized spacial score (nSPS) is 16.0. The molecule has 28 heavy (non-hydrogen) atoms. The molecule has 146 valence electrons. The van der Waals surface area contributed by atoms with E-state index in [0.29, 0.717) is 10.8 Å². The summed E-state index contributed by atoms with van der Waals surface area (Å²) in [6.07, 6.45) is 10.1. The molecule has 0 aliphatic heterocycles. The molecule has 0 atom stereocenters. The van der Waals surface area contributed by atoms with Gasteiger partial charge in [-0.3, -0.25) is 0 Å². The molecule has 3 aromatic rings. The molecule has 0 saturated heterocycles. The first-order valence-corrected chi connectivity index (χ1v) is 11.4. The number of methoxy groups -OCH3 is 1. The molecule has 1 saturated carbocycles. The predicted octanol–water partition coefficient (Wildman–Crippen LogP) is 4.60. The summed E-state index contributed by atoms with van der Waals surface area (Å²) in [6.45, 7) is 0. The van der Waals surface area contributed by atoms with Gasteiger partial charge in [0.1, 0.15) is 11.4 Å². The van der Waals surface area contributed by atoms with Gasteiger partial charge >= 0.3 is 0 Å². The highest BCUT2D eigenvalue weighted by Crippen LogP contribution is 2.33. The van der Waals surface area contributed by atoms with Crippen molar-refractivity contribution in [3.8, 4) is 5.75 Å². The number of ether oxygens (including phenoxy) is 1. The van der Waals surface area contributed by atoms with Gasteiger partial charge in [0.15, 0.2) is 9.84 Å². The van der Waals surface area contributed by atoms with Crippen LogP contribution < -0.4 is 4.74 Å². The van der Waals surface area contributed by atoms with Gasteiger partial charge in [0.05, 0.1) is 18.2 Å². The molecule has 0 bridgehead atoms. The van der Waals surface area contributed by atoms with Crippen LogP contribution in [0.1, 0.15) is 36.9 Å². The number of benzene rings is 1. The van der Waals surface area contributed by atoms with Crippen molar-refractivity contribution in [3.05, 3.63) is 59.9 Å². The quantitative estimate of drug-likeness (QED) is 0.684. The van der Waals surface area contributed by atoms with E-state index in [1.165, 1.54) is 31.9 Å². The third kappa shape index (κ3) is 3.83. The summed E-state index contributed by atoms with van der Waals surface area (Å²) >= 11 is 0. The predicted molar refractivity (Wildman–Crippen MR) is 111 cm³/mol. The third-order valence-electron chi connectivity index (χ3n) is 5.37. The second-order valence-electron chi connectivity index (χ2n) is 7.42. The summed E-state index contributed by atoms with van der Waals surface area (Å²) in [5.74, 6) is 1.26. The lowest BCUT2D eigenvalue weighted by Crippen LogP contribution is -1.98. The molecular formula is C22H24N2O3S. The van der Waals surface area contributed by atoms with Gasteiger partial charge in [-0.15, -0.1) is 0 Å². The van der Waals surface area contributed by atoms with Crippen LogP contribution in [0.3, 0.4) is 0 Å². The number of hydrogen-bond donors (Lipinski definition) is 1. The number of hydrogen-bond acceptors (Lipinski definition) is 4. The van der Waals surface area contributed by atoms with Crippen LogP contribution in [0.5, 0.6) is 5.75 Å². The van der Waals surface area contributed by atoms with Crippen molar-refractivity contribution in [2.75, 3.05) is 13.4 Å². The summed E-state index contributed by atoms with van der Waals surface area (Å²) in [7, 11) is -1.58. The van der Waals surface area contributed by atoms with E-state index in [4.69, 9.17) is 4.74 Å². The van der Waals surface area contributed by atoms with E-state index in [0.717, 1.165) is 33.6 Å². The lowest BCUT2D eigenvalue weighted by atomic mass is 9.96. The van der Waals surface area contributed by atoms with Gasteiger partial charge < -0.3 is 9.72 Å². The fourth-order valence-corrected chi connectivity index (χ4v) is 4.47. The Morgan fingerprint density at radius 1 is 1.18 bits per heavy atom. The number of nitrogens with zero attached hydrogens (tertiary/aromatic N) is 1. The molecule has 0 spiro atoms. The number of H-pyrrole nitrogens is 1. The van der Waals surface area contributed by atoms with Crippen molar-refractivity contribution in [1.29, 1.82) is 0 Å². The molecule has 1 aromatic carbocycles. The molecule has 1 fully saturated rings. The first-order valence-electron chi connectivity index (χ1n) is 9.49. The van der Waals surface area contributed by atoms with E-state index in [9.17, 15) is 8.42 Å². The van der Waals surface area contributed by atoms with Crippen LogP contribution >= 0.6 is 0 Å². The van der Waals surface area contributed by atoms with Crippen LogP contribution in [-0.2, 0) is 9.84 Å². The van der Waals surface area contributed by atoms with Crippen LogP contribution in [0.4, 0.5) is 0 Å². The number of nitrogens with one attached hydrogen (secondary N) is 1. The smallest absolute Gasteiger partial charge is 0.175 e. The van der Waals surface area contributed by atoms with Gasteiger partial charge in [-0.2, -0.15) is 0 Å². The first kappa shape index (κ1) is 18.7. The summed E-state index contributed by atoms with van der Waals surface area (Å²) < 4.78 is 28.9. The topological polar surface area (TPSA) is 72.0 Å². The van der Waals surface area contributed by atoms with Gasteiger partial charge in [0.25, 0.3) is 0 Å². The van der Waals surface area contributed by atoms with Gasteiger partial charge in [-0.25, -0.2) is 13.4 Å². The fraction of sp³-hybridized carbons (Fsp3) is 0.318. The Morgan fingerprint density at radius 2 is 1.89 bits per heavy atom. The average Bonchev–Trinajstić information content (AvgIpc) is 3.34. The van der Waals surface area contributed by atoms with E-state index in [1.54, 1.807) is 25.4 Å². The second-order valence-corrected chi connectivity index (χ2v) is 9.43. The number of rotatable bonds is 5. The van der Waals surface area contributed by atoms with Crippen LogP contribution in [0.25, 0.3) is 16.6 Å². The minimum absolute atomic E-state index is 0.333. The van der Waals surface area contributed by atoms with Gasteiger partial charge in [0, 0.05) is 22.9 Å². The molecular weight excluding hydrogens is 372 g/mol. The SMILES string of the molecule is COc1cnc2[nH]c(C(=CC3CCCC3)c3ccc(S(C)(=O)=O)cc3)cc2c1. The van der Waals surface area contributed by atoms with E-state index < -0.39 is 9.84 Å². The third-order valence-corrected chi connectivity index (χ3v) is 6.50. The number of sulfone groups is 1. The minimum atomic E-state index is -3.21. The van der Waals surface area contributed by atoms with Crippen LogP contribution in [0.2, 0.25) is 0 Å². The Bertz CT molecular complexity index is 1120. The molecule has 4 rings (SSSR count). The summed E-state index contributed by atoms with van der Waals surface area (Å²) in [6, 6.07) is 11.2. The molecule has 2 aromatic heterocycles. The van der Waals surface area contributed by atoms with Gasteiger partial charge in [-0.1, -0.05) is 31.1 Å². The van der Waals surface area contributed by atoms with E-state index in [-0.39, 0.29) is 0 Å². The summed E-state index contributed by atoms with van der Waals surface area (Å²) in [5, 5.41) is 0.986. The van der Waals surface area contributed by atoms with Crippen molar-refractivity contribution in [2.45, 2.75) is 30.6 Å². The molecule has 2 heterocycles. The van der Waals surface area contributed by atoms with Crippen LogP contribution in [-0.4, -0.2) is 31.8 Å². The van der Waals surface area contributed by atoms with E-state index in [1.807, 2.05) is 18.2 Å². The number of aromatic nitrogens is 2. The van der Waals surface area contributed by atoms with Crippen molar-refractivity contribution in [1.82, 2.24) is 9.97 Å². The van der Waals surface area contributed by atoms with Crippen molar-refractivity contribution in [2.24, 2.45) is 5.92 Å². The van der Waals surface area contributed by atoms with Gasteiger partial charge in [0.2, 0.25) is 0 Å². The van der Waals surface area contributed by atoms with Crippen molar-refractivity contribution in [3.63, 3.8) is 0 Å². The second kappa shape index (κ2) is 7.43. The molecule has 0 amide bonds. The highest BCUT2D eigenvalue weighted by atomic mass is 32.2. The Hall–Kier alpha value is -2.60. The van der Waals surface area contributed by atoms with Gasteiger partial charge in [-0.05, 0) is 48.6 Å². The number of fused-ring (bicyclic) bond motifs is 1. The van der Waals surface area contributed by atoms with E-state index in [2.05, 4.69) is 22.1 Å².